The van der Waals surface area contributed by atoms with Crippen molar-refractivity contribution >= 4 is 10.0 Å². The normalized spacial score (nSPS) is 20.8. The molecule has 1 rings (SSSR count). The Hall–Kier alpha value is -0.170. The second-order valence-electron chi connectivity index (χ2n) is 6.00. The zero-order valence-corrected chi connectivity index (χ0v) is 13.9. The molecule has 1 aliphatic rings. The lowest BCUT2D eigenvalue weighted by Crippen LogP contribution is -2.36. The zero-order valence-electron chi connectivity index (χ0n) is 13.1. The van der Waals surface area contributed by atoms with E-state index in [9.17, 15) is 8.42 Å². The number of nitrogens with zero attached hydrogens (tertiary/aromatic N) is 1. The van der Waals surface area contributed by atoms with E-state index in [2.05, 4.69) is 19.2 Å². The predicted molar refractivity (Wildman–Crippen MR) is 82.3 cm³/mol. The molecule has 6 heteroatoms. The molecule has 0 radical (unpaired) electrons. The predicted octanol–water partition coefficient (Wildman–Crippen LogP) is 1.45. The number of ether oxygens (including phenoxy) is 1. The van der Waals surface area contributed by atoms with Gasteiger partial charge in [0.1, 0.15) is 0 Å². The smallest absolute Gasteiger partial charge is 0.213 e. The van der Waals surface area contributed by atoms with Crippen molar-refractivity contribution < 1.29 is 13.2 Å². The van der Waals surface area contributed by atoms with Gasteiger partial charge >= 0.3 is 0 Å². The Morgan fingerprint density at radius 2 is 2.10 bits per heavy atom. The maximum atomic E-state index is 12.2. The van der Waals surface area contributed by atoms with Gasteiger partial charge < -0.3 is 10.1 Å². The van der Waals surface area contributed by atoms with E-state index in [0.29, 0.717) is 31.5 Å². The number of unbranched alkanes of at least 4 members (excludes halogenated alkanes) is 1. The van der Waals surface area contributed by atoms with Crippen molar-refractivity contribution in [1.82, 2.24) is 9.62 Å². The van der Waals surface area contributed by atoms with Crippen molar-refractivity contribution in [3.63, 3.8) is 0 Å². The second-order valence-corrected chi connectivity index (χ2v) is 8.19. The van der Waals surface area contributed by atoms with Crippen LogP contribution in [-0.4, -0.2) is 57.9 Å². The summed E-state index contributed by atoms with van der Waals surface area (Å²) in [6, 6.07) is 0.459. The van der Waals surface area contributed by atoms with Gasteiger partial charge in [0, 0.05) is 26.2 Å². The minimum atomic E-state index is -3.11. The molecule has 0 aromatic carbocycles. The van der Waals surface area contributed by atoms with E-state index < -0.39 is 10.0 Å². The average molecular weight is 306 g/mol. The fourth-order valence-corrected chi connectivity index (χ4v) is 3.70. The first-order valence-corrected chi connectivity index (χ1v) is 9.28. The summed E-state index contributed by atoms with van der Waals surface area (Å²) in [5, 5.41) is 3.30. The van der Waals surface area contributed by atoms with Crippen LogP contribution >= 0.6 is 0 Å². The van der Waals surface area contributed by atoms with Gasteiger partial charge in [0.05, 0.1) is 12.4 Å². The highest BCUT2D eigenvalue weighted by atomic mass is 32.2. The van der Waals surface area contributed by atoms with Crippen LogP contribution in [0, 0.1) is 5.92 Å². The van der Waals surface area contributed by atoms with Gasteiger partial charge in [-0.1, -0.05) is 13.8 Å². The first kappa shape index (κ1) is 17.9. The minimum absolute atomic E-state index is 0.247. The van der Waals surface area contributed by atoms with Crippen molar-refractivity contribution in [3.8, 4) is 0 Å². The van der Waals surface area contributed by atoms with Crippen LogP contribution in [-0.2, 0) is 14.8 Å². The molecule has 0 saturated carbocycles. The third kappa shape index (κ3) is 7.02. The Labute approximate surface area is 124 Å². The summed E-state index contributed by atoms with van der Waals surface area (Å²) in [6.45, 7) is 7.17. The number of rotatable bonds is 9. The van der Waals surface area contributed by atoms with Gasteiger partial charge in [0.2, 0.25) is 10.0 Å². The van der Waals surface area contributed by atoms with Crippen molar-refractivity contribution in [2.45, 2.75) is 45.6 Å². The van der Waals surface area contributed by atoms with E-state index in [-0.39, 0.29) is 5.75 Å². The van der Waals surface area contributed by atoms with E-state index in [0.717, 1.165) is 32.4 Å². The van der Waals surface area contributed by atoms with E-state index >= 15 is 0 Å². The molecule has 0 aromatic rings. The van der Waals surface area contributed by atoms with Crippen LogP contribution in [0.25, 0.3) is 0 Å². The Bertz CT molecular complexity index is 351. The van der Waals surface area contributed by atoms with Crippen molar-refractivity contribution in [2.24, 2.45) is 5.92 Å². The molecule has 0 aromatic heterocycles. The molecule has 0 spiro atoms. The highest BCUT2D eigenvalue weighted by molar-refractivity contribution is 7.89. The molecular formula is C14H30N2O3S. The van der Waals surface area contributed by atoms with Gasteiger partial charge in [-0.05, 0) is 38.1 Å². The Kier molecular flexibility index (Phi) is 8.02. The van der Waals surface area contributed by atoms with Crippen LogP contribution in [0.5, 0.6) is 0 Å². The second kappa shape index (κ2) is 8.97. The summed E-state index contributed by atoms with van der Waals surface area (Å²) in [4.78, 5) is 0. The van der Waals surface area contributed by atoms with E-state index in [1.165, 1.54) is 4.31 Å². The largest absolute Gasteiger partial charge is 0.381 e. The molecule has 1 unspecified atom stereocenters. The van der Waals surface area contributed by atoms with Crippen LogP contribution in [0.3, 0.4) is 0 Å². The van der Waals surface area contributed by atoms with Crippen molar-refractivity contribution in [3.05, 3.63) is 0 Å². The van der Waals surface area contributed by atoms with Gasteiger partial charge in [-0.25, -0.2) is 12.7 Å². The fraction of sp³-hybridized carbons (Fsp3) is 1.00. The zero-order chi connectivity index (χ0) is 15.0. The van der Waals surface area contributed by atoms with Crippen LogP contribution in [0.1, 0.15) is 39.5 Å². The SMILES string of the molecule is CC(C)NCCCCS(=O)(=O)N(C)CC1CCCOC1. The first-order valence-electron chi connectivity index (χ1n) is 7.67. The topological polar surface area (TPSA) is 58.6 Å². The minimum Gasteiger partial charge on any atom is -0.381 e. The maximum Gasteiger partial charge on any atom is 0.213 e. The molecular weight excluding hydrogens is 276 g/mol. The van der Waals surface area contributed by atoms with Crippen LogP contribution in [0.15, 0.2) is 0 Å². The summed E-state index contributed by atoms with van der Waals surface area (Å²) < 4.78 is 31.2. The number of sulfonamides is 1. The van der Waals surface area contributed by atoms with E-state index in [1.54, 1.807) is 7.05 Å². The number of hydrogen-bond acceptors (Lipinski definition) is 4. The average Bonchev–Trinajstić information content (AvgIpc) is 2.39. The summed E-state index contributed by atoms with van der Waals surface area (Å²) >= 11 is 0. The van der Waals surface area contributed by atoms with Crippen molar-refractivity contribution in [1.29, 1.82) is 0 Å². The standard InChI is InChI=1S/C14H30N2O3S/c1-13(2)15-8-4-5-10-20(17,18)16(3)11-14-7-6-9-19-12-14/h13-15H,4-12H2,1-3H3. The molecule has 120 valence electrons. The van der Waals surface area contributed by atoms with Gasteiger partial charge in [0.25, 0.3) is 0 Å². The molecule has 1 saturated heterocycles. The monoisotopic (exact) mass is 306 g/mol. The van der Waals surface area contributed by atoms with Crippen LogP contribution in [0.2, 0.25) is 0 Å². The van der Waals surface area contributed by atoms with E-state index in [1.807, 2.05) is 0 Å². The summed E-state index contributed by atoms with van der Waals surface area (Å²) in [5.41, 5.74) is 0. The Morgan fingerprint density at radius 1 is 1.35 bits per heavy atom. The highest BCUT2D eigenvalue weighted by Crippen LogP contribution is 2.16. The molecule has 1 atom stereocenters. The molecule has 1 aliphatic heterocycles. The molecule has 1 fully saturated rings. The number of nitrogens with one attached hydrogen (secondary N) is 1. The van der Waals surface area contributed by atoms with Crippen LogP contribution < -0.4 is 5.32 Å². The highest BCUT2D eigenvalue weighted by Gasteiger charge is 2.22. The lowest BCUT2D eigenvalue weighted by molar-refractivity contribution is 0.0495. The molecule has 1 N–H and O–H groups in total. The molecule has 5 nitrogen and oxygen atoms in total. The summed E-state index contributed by atoms with van der Waals surface area (Å²) in [7, 11) is -1.42. The third-order valence-corrected chi connectivity index (χ3v) is 5.53. The quantitative estimate of drug-likeness (QED) is 0.655. The van der Waals surface area contributed by atoms with Gasteiger partial charge in [-0.15, -0.1) is 0 Å². The lowest BCUT2D eigenvalue weighted by atomic mass is 10.0. The number of hydrogen-bond donors (Lipinski definition) is 1. The molecule has 0 amide bonds. The van der Waals surface area contributed by atoms with Gasteiger partial charge in [0.15, 0.2) is 0 Å². The maximum absolute atomic E-state index is 12.2. The Morgan fingerprint density at radius 3 is 2.70 bits per heavy atom. The molecule has 0 bridgehead atoms. The molecule has 20 heavy (non-hydrogen) atoms. The van der Waals surface area contributed by atoms with Gasteiger partial charge in [-0.3, -0.25) is 0 Å². The first-order chi connectivity index (χ1) is 9.42. The summed E-state index contributed by atoms with van der Waals surface area (Å²) in [6.07, 6.45) is 3.73. The van der Waals surface area contributed by atoms with Gasteiger partial charge in [-0.2, -0.15) is 0 Å². The summed E-state index contributed by atoms with van der Waals surface area (Å²) in [5.74, 6) is 0.600. The molecule has 1 heterocycles. The fourth-order valence-electron chi connectivity index (χ4n) is 2.38. The third-order valence-electron chi connectivity index (χ3n) is 3.63. The molecule has 0 aliphatic carbocycles. The van der Waals surface area contributed by atoms with Crippen molar-refractivity contribution in [2.75, 3.05) is 39.1 Å². The lowest BCUT2D eigenvalue weighted by Gasteiger charge is -2.26. The Balaban J connectivity index is 2.24. The van der Waals surface area contributed by atoms with E-state index in [4.69, 9.17) is 4.74 Å². The van der Waals surface area contributed by atoms with Crippen LogP contribution in [0.4, 0.5) is 0 Å².